The number of ether oxygens (including phenoxy) is 3. The fraction of sp³-hybridized carbons (Fsp3) is 0.125. The van der Waals surface area contributed by atoms with Crippen LogP contribution in [0.4, 0.5) is 0 Å². The summed E-state index contributed by atoms with van der Waals surface area (Å²) in [7, 11) is 0. The molecular formula is C24H20O5. The third-order valence-electron chi connectivity index (χ3n) is 4.50. The van der Waals surface area contributed by atoms with Crippen LogP contribution in [-0.2, 0) is 9.53 Å². The highest BCUT2D eigenvalue weighted by molar-refractivity contribution is 5.90. The van der Waals surface area contributed by atoms with Gasteiger partial charge in [-0.15, -0.1) is 0 Å². The molecule has 4 aromatic rings. The summed E-state index contributed by atoms with van der Waals surface area (Å²) in [6, 6.07) is 26.6. The van der Waals surface area contributed by atoms with Gasteiger partial charge in [-0.3, -0.25) is 0 Å². The van der Waals surface area contributed by atoms with Crippen LogP contribution in [0.3, 0.4) is 0 Å². The zero-order valence-electron chi connectivity index (χ0n) is 15.7. The van der Waals surface area contributed by atoms with Gasteiger partial charge in [0.15, 0.2) is 0 Å². The predicted octanol–water partition coefficient (Wildman–Crippen LogP) is 4.31. The van der Waals surface area contributed by atoms with Crippen molar-refractivity contribution in [3.63, 3.8) is 0 Å². The molecule has 0 aliphatic heterocycles. The molecule has 146 valence electrons. The molecule has 4 rings (SSSR count). The summed E-state index contributed by atoms with van der Waals surface area (Å²) >= 11 is 0. The van der Waals surface area contributed by atoms with Gasteiger partial charge in [-0.25, -0.2) is 4.79 Å². The van der Waals surface area contributed by atoms with E-state index >= 15 is 0 Å². The van der Waals surface area contributed by atoms with Crippen molar-refractivity contribution in [2.75, 3.05) is 13.2 Å². The maximum atomic E-state index is 12.6. The minimum Gasteiger partial charge on any atom is -0.458 e. The molecule has 0 atom stereocenters. The minimum atomic E-state index is -1.32. The van der Waals surface area contributed by atoms with Crippen molar-refractivity contribution in [3.05, 3.63) is 84.9 Å². The van der Waals surface area contributed by atoms with E-state index in [1.807, 2.05) is 72.8 Å². The second-order valence-electron chi connectivity index (χ2n) is 6.41. The first-order valence-corrected chi connectivity index (χ1v) is 9.32. The summed E-state index contributed by atoms with van der Waals surface area (Å²) in [5.41, 5.74) is 0. The van der Waals surface area contributed by atoms with Crippen LogP contribution in [0.2, 0.25) is 0 Å². The van der Waals surface area contributed by atoms with Gasteiger partial charge >= 0.3 is 12.3 Å². The first-order chi connectivity index (χ1) is 14.3. The van der Waals surface area contributed by atoms with Gasteiger partial charge < -0.3 is 19.3 Å². The molecule has 0 spiro atoms. The Morgan fingerprint density at radius 1 is 0.724 bits per heavy atom. The van der Waals surface area contributed by atoms with E-state index in [-0.39, 0.29) is 13.2 Å². The number of hydrogen-bond acceptors (Lipinski definition) is 5. The molecule has 0 aliphatic carbocycles. The average Bonchev–Trinajstić information content (AvgIpc) is 2.77. The number of esters is 1. The largest absolute Gasteiger partial charge is 0.458 e. The maximum Gasteiger partial charge on any atom is 0.389 e. The van der Waals surface area contributed by atoms with E-state index in [1.165, 1.54) is 0 Å². The molecule has 0 bridgehead atoms. The average molecular weight is 388 g/mol. The van der Waals surface area contributed by atoms with Gasteiger partial charge in [0.25, 0.3) is 0 Å². The highest BCUT2D eigenvalue weighted by Gasteiger charge is 2.26. The Bertz CT molecular complexity index is 1050. The third kappa shape index (κ3) is 4.15. The molecule has 0 amide bonds. The molecular weight excluding hydrogens is 368 g/mol. The molecule has 4 aromatic carbocycles. The van der Waals surface area contributed by atoms with Crippen molar-refractivity contribution in [1.29, 1.82) is 0 Å². The van der Waals surface area contributed by atoms with E-state index < -0.39 is 12.3 Å². The fourth-order valence-corrected chi connectivity index (χ4v) is 3.16. The topological polar surface area (TPSA) is 65.0 Å². The lowest BCUT2D eigenvalue weighted by Gasteiger charge is -2.21. The van der Waals surface area contributed by atoms with Crippen LogP contribution in [-0.4, -0.2) is 30.6 Å². The number of carbonyl (C=O) groups excluding carboxylic acids is 1. The second kappa shape index (κ2) is 8.63. The van der Waals surface area contributed by atoms with Gasteiger partial charge in [-0.2, -0.15) is 0 Å². The lowest BCUT2D eigenvalue weighted by atomic mass is 10.1. The second-order valence-corrected chi connectivity index (χ2v) is 6.41. The van der Waals surface area contributed by atoms with Crippen LogP contribution in [0.5, 0.6) is 11.5 Å². The van der Waals surface area contributed by atoms with E-state index in [4.69, 9.17) is 19.3 Å². The van der Waals surface area contributed by atoms with Crippen molar-refractivity contribution in [2.24, 2.45) is 0 Å². The number of rotatable bonds is 7. The van der Waals surface area contributed by atoms with E-state index in [9.17, 15) is 4.79 Å². The Morgan fingerprint density at radius 3 is 1.72 bits per heavy atom. The monoisotopic (exact) mass is 388 g/mol. The van der Waals surface area contributed by atoms with E-state index in [1.54, 1.807) is 12.1 Å². The van der Waals surface area contributed by atoms with Crippen molar-refractivity contribution in [2.45, 2.75) is 6.29 Å². The fourth-order valence-electron chi connectivity index (χ4n) is 3.16. The molecule has 29 heavy (non-hydrogen) atoms. The van der Waals surface area contributed by atoms with Crippen molar-refractivity contribution in [1.82, 2.24) is 0 Å². The van der Waals surface area contributed by atoms with Crippen LogP contribution in [0.15, 0.2) is 84.9 Å². The summed E-state index contributed by atoms with van der Waals surface area (Å²) in [5.74, 6) is 0.309. The molecule has 0 radical (unpaired) electrons. The Labute approximate surface area is 168 Å². The molecule has 0 saturated heterocycles. The summed E-state index contributed by atoms with van der Waals surface area (Å²) in [5, 5.41) is 12.7. The van der Waals surface area contributed by atoms with Gasteiger partial charge in [0, 0.05) is 10.8 Å². The molecule has 0 unspecified atom stereocenters. The summed E-state index contributed by atoms with van der Waals surface area (Å²) in [6.45, 7) is -0.409. The highest BCUT2D eigenvalue weighted by Crippen LogP contribution is 2.29. The smallest absolute Gasteiger partial charge is 0.389 e. The van der Waals surface area contributed by atoms with Crippen LogP contribution in [0, 0.1) is 0 Å². The molecule has 0 aromatic heterocycles. The van der Waals surface area contributed by atoms with Crippen LogP contribution < -0.4 is 9.47 Å². The molecule has 5 heteroatoms. The van der Waals surface area contributed by atoms with E-state index in [2.05, 4.69) is 0 Å². The van der Waals surface area contributed by atoms with E-state index in [0.29, 0.717) is 11.5 Å². The first kappa shape index (κ1) is 18.8. The van der Waals surface area contributed by atoms with Crippen molar-refractivity contribution < 1.29 is 24.1 Å². The summed E-state index contributed by atoms with van der Waals surface area (Å²) in [6.07, 6.45) is -1.32. The SMILES string of the molecule is O=C(OCCO)C(Oc1cccc2ccccc12)Oc1cccc2ccccc12. The first-order valence-electron chi connectivity index (χ1n) is 9.32. The van der Waals surface area contributed by atoms with Gasteiger partial charge in [-0.05, 0) is 22.9 Å². The summed E-state index contributed by atoms with van der Waals surface area (Å²) < 4.78 is 17.0. The quantitative estimate of drug-likeness (QED) is 0.377. The van der Waals surface area contributed by atoms with Gasteiger partial charge in [0.1, 0.15) is 18.1 Å². The van der Waals surface area contributed by atoms with Crippen molar-refractivity contribution >= 4 is 27.5 Å². The number of fused-ring (bicyclic) bond motifs is 2. The molecule has 0 fully saturated rings. The zero-order chi connectivity index (χ0) is 20.1. The minimum absolute atomic E-state index is 0.132. The third-order valence-corrected chi connectivity index (χ3v) is 4.50. The standard InChI is InChI=1S/C24H20O5/c25-15-16-27-23(26)24(28-21-13-5-9-17-7-1-3-11-19(17)21)29-22-14-6-10-18-8-2-4-12-20(18)22/h1-14,24-25H,15-16H2. The zero-order valence-corrected chi connectivity index (χ0v) is 15.7. The molecule has 0 saturated carbocycles. The van der Waals surface area contributed by atoms with Gasteiger partial charge in [-0.1, -0.05) is 72.8 Å². The lowest BCUT2D eigenvalue weighted by Crippen LogP contribution is -2.35. The molecule has 0 aliphatic rings. The summed E-state index contributed by atoms with van der Waals surface area (Å²) in [4.78, 5) is 12.6. The Balaban J connectivity index is 1.68. The Kier molecular flexibility index (Phi) is 5.59. The molecule has 5 nitrogen and oxygen atoms in total. The number of carbonyl (C=O) groups is 1. The maximum absolute atomic E-state index is 12.6. The number of aliphatic hydroxyl groups excluding tert-OH is 1. The van der Waals surface area contributed by atoms with Gasteiger partial charge in [0.05, 0.1) is 6.61 Å². The Morgan fingerprint density at radius 2 is 1.21 bits per heavy atom. The van der Waals surface area contributed by atoms with E-state index in [0.717, 1.165) is 21.5 Å². The van der Waals surface area contributed by atoms with Crippen LogP contribution in [0.1, 0.15) is 0 Å². The van der Waals surface area contributed by atoms with Crippen LogP contribution >= 0.6 is 0 Å². The van der Waals surface area contributed by atoms with Crippen LogP contribution in [0.25, 0.3) is 21.5 Å². The lowest BCUT2D eigenvalue weighted by molar-refractivity contribution is -0.166. The van der Waals surface area contributed by atoms with Gasteiger partial charge in [0.2, 0.25) is 0 Å². The highest BCUT2D eigenvalue weighted by atomic mass is 16.7. The predicted molar refractivity (Wildman–Crippen MR) is 111 cm³/mol. The number of hydrogen-bond donors (Lipinski definition) is 1. The van der Waals surface area contributed by atoms with Crippen molar-refractivity contribution in [3.8, 4) is 11.5 Å². The number of aliphatic hydroxyl groups is 1. The number of benzene rings is 4. The Hall–Kier alpha value is -3.57. The normalized spacial score (nSPS) is 11.0. The molecule has 0 heterocycles. The molecule has 1 N–H and O–H groups in total.